The molecule has 0 aliphatic heterocycles. The molecular weight excluding hydrogens is 424 g/mol. The Kier molecular flexibility index (Phi) is 4.93. The van der Waals surface area contributed by atoms with Gasteiger partial charge in [0.05, 0.1) is 6.42 Å². The van der Waals surface area contributed by atoms with Crippen LogP contribution in [0.3, 0.4) is 0 Å². The highest BCUT2D eigenvalue weighted by atomic mass is 127. The van der Waals surface area contributed by atoms with Gasteiger partial charge in [-0.25, -0.2) is 4.39 Å². The lowest BCUT2D eigenvalue weighted by Gasteiger charge is -2.06. The van der Waals surface area contributed by atoms with Crippen LogP contribution in [-0.4, -0.2) is 5.91 Å². The van der Waals surface area contributed by atoms with Gasteiger partial charge in [-0.05, 0) is 74.4 Å². The third-order valence-corrected chi connectivity index (χ3v) is 4.78. The molecule has 1 N–H and O–H groups in total. The van der Waals surface area contributed by atoms with Crippen molar-refractivity contribution in [2.24, 2.45) is 0 Å². The number of carbonyl (C=O) groups excluding carboxylic acids is 1. The summed E-state index contributed by atoms with van der Waals surface area (Å²) in [6.07, 6.45) is 0.157. The molecule has 2 rings (SSSR count). The maximum absolute atomic E-state index is 13.0. The molecule has 0 fully saturated rings. The Morgan fingerprint density at radius 1 is 1.26 bits per heavy atom. The second kappa shape index (κ2) is 6.47. The number of nitrogens with one attached hydrogen (secondary N) is 1. The Morgan fingerprint density at radius 3 is 2.74 bits per heavy atom. The first kappa shape index (κ1) is 14.5. The van der Waals surface area contributed by atoms with Crippen LogP contribution in [0.4, 0.5) is 10.1 Å². The van der Waals surface area contributed by atoms with Gasteiger partial charge < -0.3 is 5.32 Å². The lowest BCUT2D eigenvalue weighted by molar-refractivity contribution is -0.115. The molecule has 98 valence electrons. The molecule has 0 unspecified atom stereocenters. The predicted molar refractivity (Wildman–Crippen MR) is 85.6 cm³/mol. The third-order valence-electron chi connectivity index (χ3n) is 2.46. The minimum atomic E-state index is -0.330. The van der Waals surface area contributed by atoms with Gasteiger partial charge in [0.1, 0.15) is 5.82 Å². The smallest absolute Gasteiger partial charge is 0.228 e. The second-order valence-corrected chi connectivity index (χ2v) is 6.00. The van der Waals surface area contributed by atoms with Crippen molar-refractivity contribution in [2.45, 2.75) is 6.42 Å². The number of hydrogen-bond acceptors (Lipinski definition) is 1. The van der Waals surface area contributed by atoms with Gasteiger partial charge in [0, 0.05) is 13.7 Å². The molecule has 19 heavy (non-hydrogen) atoms. The Bertz CT molecular complexity index is 618. The van der Waals surface area contributed by atoms with E-state index in [0.29, 0.717) is 5.56 Å². The van der Waals surface area contributed by atoms with Crippen molar-refractivity contribution in [1.82, 2.24) is 0 Å². The summed E-state index contributed by atoms with van der Waals surface area (Å²) in [4.78, 5) is 11.8. The molecule has 0 aromatic heterocycles. The van der Waals surface area contributed by atoms with Crippen LogP contribution in [0.5, 0.6) is 0 Å². The largest absolute Gasteiger partial charge is 0.326 e. The van der Waals surface area contributed by atoms with Crippen LogP contribution < -0.4 is 5.32 Å². The van der Waals surface area contributed by atoms with Crippen molar-refractivity contribution in [3.63, 3.8) is 0 Å². The SMILES string of the molecule is O=C(Cc1cccc(F)c1)Nc1ccc(Br)c(I)c1. The highest BCUT2D eigenvalue weighted by molar-refractivity contribution is 14.1. The number of amides is 1. The monoisotopic (exact) mass is 433 g/mol. The van der Waals surface area contributed by atoms with E-state index >= 15 is 0 Å². The van der Waals surface area contributed by atoms with E-state index in [1.807, 2.05) is 18.2 Å². The lowest BCUT2D eigenvalue weighted by atomic mass is 10.1. The Labute approximate surface area is 132 Å². The normalized spacial score (nSPS) is 10.3. The van der Waals surface area contributed by atoms with Crippen LogP contribution in [0.15, 0.2) is 46.9 Å². The van der Waals surface area contributed by atoms with Crippen LogP contribution in [-0.2, 0) is 11.2 Å². The zero-order valence-corrected chi connectivity index (χ0v) is 13.5. The van der Waals surface area contributed by atoms with Gasteiger partial charge in [-0.2, -0.15) is 0 Å². The van der Waals surface area contributed by atoms with Crippen molar-refractivity contribution < 1.29 is 9.18 Å². The standard InChI is InChI=1S/C14H10BrFINO/c15-12-5-4-11(8-13(12)17)18-14(19)7-9-2-1-3-10(16)6-9/h1-6,8H,7H2,(H,18,19). The molecule has 2 aromatic carbocycles. The van der Waals surface area contributed by atoms with E-state index < -0.39 is 0 Å². The Balaban J connectivity index is 2.03. The number of anilines is 1. The molecule has 0 aliphatic rings. The van der Waals surface area contributed by atoms with Crippen LogP contribution in [0, 0.1) is 9.39 Å². The van der Waals surface area contributed by atoms with Crippen LogP contribution in [0.25, 0.3) is 0 Å². The number of carbonyl (C=O) groups is 1. The van der Waals surface area contributed by atoms with E-state index in [1.165, 1.54) is 12.1 Å². The van der Waals surface area contributed by atoms with Crippen molar-refractivity contribution in [2.75, 3.05) is 5.32 Å². The van der Waals surface area contributed by atoms with Gasteiger partial charge in [-0.15, -0.1) is 0 Å². The van der Waals surface area contributed by atoms with E-state index in [-0.39, 0.29) is 18.1 Å². The third kappa shape index (κ3) is 4.28. The van der Waals surface area contributed by atoms with Crippen molar-refractivity contribution >= 4 is 50.1 Å². The van der Waals surface area contributed by atoms with Gasteiger partial charge in [-0.1, -0.05) is 12.1 Å². The molecule has 0 saturated heterocycles. The van der Waals surface area contributed by atoms with Crippen molar-refractivity contribution in [3.05, 3.63) is 61.9 Å². The first-order chi connectivity index (χ1) is 9.04. The summed E-state index contributed by atoms with van der Waals surface area (Å²) in [5.74, 6) is -0.493. The molecule has 0 saturated carbocycles. The Hall–Kier alpha value is -0.950. The van der Waals surface area contributed by atoms with Crippen LogP contribution in [0.1, 0.15) is 5.56 Å². The Morgan fingerprint density at radius 2 is 2.05 bits per heavy atom. The molecule has 1 amide bonds. The van der Waals surface area contributed by atoms with E-state index in [0.717, 1.165) is 13.7 Å². The first-order valence-corrected chi connectivity index (χ1v) is 7.41. The molecule has 0 atom stereocenters. The fourth-order valence-corrected chi connectivity index (χ4v) is 2.37. The zero-order chi connectivity index (χ0) is 13.8. The summed E-state index contributed by atoms with van der Waals surface area (Å²) in [6.45, 7) is 0. The van der Waals surface area contributed by atoms with Crippen LogP contribution >= 0.6 is 38.5 Å². The number of rotatable bonds is 3. The highest BCUT2D eigenvalue weighted by Gasteiger charge is 2.06. The van der Waals surface area contributed by atoms with Crippen molar-refractivity contribution in [3.8, 4) is 0 Å². The average Bonchev–Trinajstić information content (AvgIpc) is 2.34. The van der Waals surface area contributed by atoms with Gasteiger partial charge in [0.25, 0.3) is 0 Å². The molecule has 0 aliphatic carbocycles. The summed E-state index contributed by atoms with van der Waals surface area (Å²) >= 11 is 5.57. The van der Waals surface area contributed by atoms with Crippen molar-refractivity contribution in [1.29, 1.82) is 0 Å². The van der Waals surface area contributed by atoms with Gasteiger partial charge in [-0.3, -0.25) is 4.79 Å². The van der Waals surface area contributed by atoms with E-state index in [2.05, 4.69) is 43.8 Å². The van der Waals surface area contributed by atoms with Gasteiger partial charge in [0.2, 0.25) is 5.91 Å². The number of benzene rings is 2. The maximum atomic E-state index is 13.0. The number of halogens is 3. The average molecular weight is 434 g/mol. The van der Waals surface area contributed by atoms with Gasteiger partial charge >= 0.3 is 0 Å². The fraction of sp³-hybridized carbons (Fsp3) is 0.0714. The molecule has 0 radical (unpaired) electrons. The molecule has 5 heteroatoms. The summed E-state index contributed by atoms with van der Waals surface area (Å²) < 4.78 is 15.0. The first-order valence-electron chi connectivity index (χ1n) is 5.54. The number of hydrogen-bond donors (Lipinski definition) is 1. The minimum Gasteiger partial charge on any atom is -0.326 e. The summed E-state index contributed by atoms with van der Waals surface area (Å²) in [7, 11) is 0. The zero-order valence-electron chi connectivity index (χ0n) is 9.79. The minimum absolute atomic E-state index is 0.157. The lowest BCUT2D eigenvalue weighted by Crippen LogP contribution is -2.14. The second-order valence-electron chi connectivity index (χ2n) is 3.98. The summed E-state index contributed by atoms with van der Waals surface area (Å²) in [5, 5.41) is 2.79. The predicted octanol–water partition coefficient (Wildman–Crippen LogP) is 4.37. The van der Waals surface area contributed by atoms with E-state index in [4.69, 9.17) is 0 Å². The molecular formula is C14H10BrFINO. The summed E-state index contributed by atoms with van der Waals surface area (Å²) in [6, 6.07) is 11.6. The topological polar surface area (TPSA) is 29.1 Å². The molecule has 0 heterocycles. The molecule has 0 bridgehead atoms. The van der Waals surface area contributed by atoms with E-state index in [1.54, 1.807) is 12.1 Å². The molecule has 2 nitrogen and oxygen atoms in total. The van der Waals surface area contributed by atoms with E-state index in [9.17, 15) is 9.18 Å². The highest BCUT2D eigenvalue weighted by Crippen LogP contribution is 2.22. The molecule has 0 spiro atoms. The van der Waals surface area contributed by atoms with Crippen LogP contribution in [0.2, 0.25) is 0 Å². The fourth-order valence-electron chi connectivity index (χ4n) is 1.61. The van der Waals surface area contributed by atoms with Gasteiger partial charge in [0.15, 0.2) is 0 Å². The maximum Gasteiger partial charge on any atom is 0.228 e. The quantitative estimate of drug-likeness (QED) is 0.715. The summed E-state index contributed by atoms with van der Waals surface area (Å²) in [5.41, 5.74) is 1.39. The molecule has 2 aromatic rings.